The van der Waals surface area contributed by atoms with Crippen LogP contribution in [0, 0.1) is 11.3 Å². The van der Waals surface area contributed by atoms with Gasteiger partial charge >= 0.3 is 0 Å². The van der Waals surface area contributed by atoms with E-state index in [0.29, 0.717) is 11.7 Å². The van der Waals surface area contributed by atoms with Crippen molar-refractivity contribution in [2.45, 2.75) is 50.2 Å². The lowest BCUT2D eigenvalue weighted by Gasteiger charge is -2.20. The van der Waals surface area contributed by atoms with Crippen molar-refractivity contribution in [3.63, 3.8) is 0 Å². The Morgan fingerprint density at radius 1 is 1.31 bits per heavy atom. The van der Waals surface area contributed by atoms with Crippen LogP contribution in [0.1, 0.15) is 44.9 Å². The van der Waals surface area contributed by atoms with E-state index in [2.05, 4.69) is 6.07 Å². The normalized spacial score (nSPS) is 20.8. The van der Waals surface area contributed by atoms with Crippen LogP contribution in [0.5, 0.6) is 0 Å². The van der Waals surface area contributed by atoms with Gasteiger partial charge in [-0.2, -0.15) is 5.26 Å². The van der Waals surface area contributed by atoms with E-state index >= 15 is 0 Å². The van der Waals surface area contributed by atoms with E-state index in [9.17, 15) is 4.21 Å². The summed E-state index contributed by atoms with van der Waals surface area (Å²) in [7, 11) is -0.659. The predicted octanol–water partition coefficient (Wildman–Crippen LogP) is 2.37. The maximum absolute atomic E-state index is 11.7. The van der Waals surface area contributed by atoms with Crippen molar-refractivity contribution in [2.24, 2.45) is 0 Å². The van der Waals surface area contributed by atoms with Gasteiger partial charge in [0.25, 0.3) is 0 Å². The van der Waals surface area contributed by atoms with Gasteiger partial charge < -0.3 is 0 Å². The average Bonchev–Trinajstić information content (AvgIpc) is 2.19. The molecule has 74 valence electrons. The predicted molar refractivity (Wildman–Crippen MR) is 54.7 cm³/mol. The molecule has 0 amide bonds. The molecule has 0 aromatic rings. The highest BCUT2D eigenvalue weighted by molar-refractivity contribution is 7.85. The van der Waals surface area contributed by atoms with Crippen molar-refractivity contribution in [2.75, 3.05) is 5.75 Å². The summed E-state index contributed by atoms with van der Waals surface area (Å²) in [5.41, 5.74) is 0. The van der Waals surface area contributed by atoms with Gasteiger partial charge in [0, 0.05) is 28.2 Å². The first-order valence-corrected chi connectivity index (χ1v) is 6.47. The van der Waals surface area contributed by atoms with Crippen LogP contribution in [0.25, 0.3) is 0 Å². The Bertz CT molecular complexity index is 203. The quantitative estimate of drug-likeness (QED) is 0.652. The molecular formula is C10H17NOS. The van der Waals surface area contributed by atoms with E-state index in [0.717, 1.165) is 25.0 Å². The molecule has 0 aromatic carbocycles. The minimum absolute atomic E-state index is 0.437. The van der Waals surface area contributed by atoms with Gasteiger partial charge in [0.1, 0.15) is 0 Å². The summed E-state index contributed by atoms with van der Waals surface area (Å²) in [5, 5.41) is 8.78. The van der Waals surface area contributed by atoms with Crippen molar-refractivity contribution in [1.29, 1.82) is 5.26 Å². The summed E-state index contributed by atoms with van der Waals surface area (Å²) in [5.74, 6) is 0.734. The second kappa shape index (κ2) is 6.15. The SMILES string of the molecule is N#CCCCS(=O)C1CCCCC1. The molecule has 0 N–H and O–H groups in total. The summed E-state index contributed by atoms with van der Waals surface area (Å²) in [4.78, 5) is 0. The molecule has 3 heteroatoms. The molecule has 1 atom stereocenters. The molecule has 0 spiro atoms. The molecule has 1 aliphatic rings. The molecule has 1 saturated carbocycles. The number of nitrogens with zero attached hydrogens (tertiary/aromatic N) is 1. The van der Waals surface area contributed by atoms with Gasteiger partial charge in [0.2, 0.25) is 0 Å². The third kappa shape index (κ3) is 3.91. The number of hydrogen-bond acceptors (Lipinski definition) is 2. The van der Waals surface area contributed by atoms with E-state index in [1.54, 1.807) is 0 Å². The second-order valence-electron chi connectivity index (χ2n) is 3.61. The van der Waals surface area contributed by atoms with E-state index in [-0.39, 0.29) is 0 Å². The zero-order valence-electron chi connectivity index (χ0n) is 8.00. The highest BCUT2D eigenvalue weighted by Crippen LogP contribution is 2.22. The third-order valence-corrected chi connectivity index (χ3v) is 4.46. The number of rotatable bonds is 4. The van der Waals surface area contributed by atoms with Crippen LogP contribution in [-0.4, -0.2) is 15.2 Å². The first kappa shape index (κ1) is 10.7. The third-order valence-electron chi connectivity index (χ3n) is 2.56. The fourth-order valence-electron chi connectivity index (χ4n) is 1.79. The molecule has 0 heterocycles. The maximum atomic E-state index is 11.7. The molecule has 0 aliphatic heterocycles. The van der Waals surface area contributed by atoms with Crippen LogP contribution >= 0.6 is 0 Å². The molecule has 0 aromatic heterocycles. The van der Waals surface area contributed by atoms with Crippen LogP contribution < -0.4 is 0 Å². The van der Waals surface area contributed by atoms with E-state index in [1.165, 1.54) is 19.3 Å². The minimum atomic E-state index is -0.659. The Labute approximate surface area is 82.8 Å². The Kier molecular flexibility index (Phi) is 5.07. The minimum Gasteiger partial charge on any atom is -0.259 e. The Balaban J connectivity index is 2.18. The molecular weight excluding hydrogens is 182 g/mol. The molecule has 1 unspecified atom stereocenters. The van der Waals surface area contributed by atoms with E-state index in [4.69, 9.17) is 5.26 Å². The lowest BCUT2D eigenvalue weighted by atomic mass is 10.0. The van der Waals surface area contributed by atoms with E-state index in [1.807, 2.05) is 0 Å². The summed E-state index contributed by atoms with van der Waals surface area (Å²) in [6.45, 7) is 0. The molecule has 1 fully saturated rings. The summed E-state index contributed by atoms with van der Waals surface area (Å²) in [6, 6.07) is 2.09. The van der Waals surface area contributed by atoms with Crippen molar-refractivity contribution < 1.29 is 4.21 Å². The second-order valence-corrected chi connectivity index (χ2v) is 5.44. The maximum Gasteiger partial charge on any atom is 0.0622 e. The van der Waals surface area contributed by atoms with Gasteiger partial charge in [0.05, 0.1) is 6.07 Å². The highest BCUT2D eigenvalue weighted by Gasteiger charge is 2.18. The van der Waals surface area contributed by atoms with Gasteiger partial charge in [-0.05, 0) is 19.3 Å². The average molecular weight is 199 g/mol. The first-order chi connectivity index (χ1) is 6.34. The number of hydrogen-bond donors (Lipinski definition) is 0. The van der Waals surface area contributed by atoms with Crippen LogP contribution in [0.3, 0.4) is 0 Å². The van der Waals surface area contributed by atoms with Gasteiger partial charge in [-0.1, -0.05) is 19.3 Å². The Morgan fingerprint density at radius 2 is 2.00 bits per heavy atom. The van der Waals surface area contributed by atoms with Crippen LogP contribution in [-0.2, 0) is 10.8 Å². The van der Waals surface area contributed by atoms with Gasteiger partial charge in [-0.25, -0.2) is 0 Å². The van der Waals surface area contributed by atoms with E-state index < -0.39 is 10.8 Å². The summed E-state index contributed by atoms with van der Waals surface area (Å²) < 4.78 is 11.7. The highest BCUT2D eigenvalue weighted by atomic mass is 32.2. The van der Waals surface area contributed by atoms with Gasteiger partial charge in [0.15, 0.2) is 0 Å². The number of unbranched alkanes of at least 4 members (excludes halogenated alkanes) is 1. The Morgan fingerprint density at radius 3 is 2.62 bits per heavy atom. The molecule has 1 aliphatic carbocycles. The lowest BCUT2D eigenvalue weighted by molar-refractivity contribution is 0.504. The largest absolute Gasteiger partial charge is 0.259 e. The fourth-order valence-corrected chi connectivity index (χ4v) is 3.41. The zero-order chi connectivity index (χ0) is 9.52. The molecule has 0 saturated heterocycles. The van der Waals surface area contributed by atoms with Gasteiger partial charge in [-0.15, -0.1) is 0 Å². The summed E-state index contributed by atoms with van der Waals surface area (Å²) >= 11 is 0. The topological polar surface area (TPSA) is 40.9 Å². The monoisotopic (exact) mass is 199 g/mol. The zero-order valence-corrected chi connectivity index (χ0v) is 8.81. The smallest absolute Gasteiger partial charge is 0.0622 e. The van der Waals surface area contributed by atoms with Crippen molar-refractivity contribution >= 4 is 10.8 Å². The number of nitriles is 1. The Hall–Kier alpha value is -0.360. The van der Waals surface area contributed by atoms with Crippen LogP contribution in [0.15, 0.2) is 0 Å². The van der Waals surface area contributed by atoms with Crippen molar-refractivity contribution in [1.82, 2.24) is 0 Å². The van der Waals surface area contributed by atoms with Crippen LogP contribution in [0.2, 0.25) is 0 Å². The molecule has 13 heavy (non-hydrogen) atoms. The van der Waals surface area contributed by atoms with Crippen molar-refractivity contribution in [3.8, 4) is 6.07 Å². The summed E-state index contributed by atoms with van der Waals surface area (Å²) in [6.07, 6.45) is 7.44. The molecule has 0 radical (unpaired) electrons. The fraction of sp³-hybridized carbons (Fsp3) is 0.900. The molecule has 1 rings (SSSR count). The standard InChI is InChI=1S/C10H17NOS/c11-8-4-5-9-13(12)10-6-2-1-3-7-10/h10H,1-7,9H2. The van der Waals surface area contributed by atoms with Gasteiger partial charge in [-0.3, -0.25) is 4.21 Å². The molecule has 2 nitrogen and oxygen atoms in total. The van der Waals surface area contributed by atoms with Crippen LogP contribution in [0.4, 0.5) is 0 Å². The van der Waals surface area contributed by atoms with Crippen molar-refractivity contribution in [3.05, 3.63) is 0 Å². The first-order valence-electron chi connectivity index (χ1n) is 5.08. The molecule has 0 bridgehead atoms. The lowest BCUT2D eigenvalue weighted by Crippen LogP contribution is -2.20.